The molecule has 16 heavy (non-hydrogen) atoms. The van der Waals surface area contributed by atoms with Gasteiger partial charge in [0.2, 0.25) is 0 Å². The van der Waals surface area contributed by atoms with Crippen molar-refractivity contribution in [3.05, 3.63) is 35.6 Å². The predicted molar refractivity (Wildman–Crippen MR) is 53.9 cm³/mol. The fourth-order valence-corrected chi connectivity index (χ4v) is 1.85. The van der Waals surface area contributed by atoms with Crippen LogP contribution in [-0.2, 0) is 15.2 Å². The van der Waals surface area contributed by atoms with E-state index in [0.717, 1.165) is 0 Å². The third-order valence-electron chi connectivity index (χ3n) is 2.79. The van der Waals surface area contributed by atoms with Crippen LogP contribution in [-0.4, -0.2) is 12.6 Å². The van der Waals surface area contributed by atoms with Gasteiger partial charge in [0.15, 0.2) is 5.67 Å². The molecule has 0 radical (unpaired) electrons. The maximum atomic E-state index is 14.2. The van der Waals surface area contributed by atoms with Crippen molar-refractivity contribution in [2.75, 3.05) is 6.61 Å². The topological polar surface area (TPSA) is 26.3 Å². The second-order valence-electron chi connectivity index (χ2n) is 3.85. The number of alkyl halides is 1. The number of ether oxygens (including phenoxy) is 1. The van der Waals surface area contributed by atoms with Gasteiger partial charge >= 0.3 is 5.97 Å². The van der Waals surface area contributed by atoms with Crippen molar-refractivity contribution >= 4 is 5.97 Å². The van der Waals surface area contributed by atoms with Crippen LogP contribution >= 0.6 is 0 Å². The highest BCUT2D eigenvalue weighted by Gasteiger charge is 2.62. The van der Waals surface area contributed by atoms with Crippen LogP contribution < -0.4 is 0 Å². The van der Waals surface area contributed by atoms with Crippen molar-refractivity contribution in [2.45, 2.75) is 19.0 Å². The van der Waals surface area contributed by atoms with Crippen molar-refractivity contribution in [3.8, 4) is 0 Å². The van der Waals surface area contributed by atoms with Crippen molar-refractivity contribution in [1.29, 1.82) is 0 Å². The molecule has 0 amide bonds. The lowest BCUT2D eigenvalue weighted by Gasteiger charge is -2.08. The summed E-state index contributed by atoms with van der Waals surface area (Å²) in [5, 5.41) is 0. The average molecular weight is 226 g/mol. The van der Waals surface area contributed by atoms with Crippen LogP contribution in [0.1, 0.15) is 18.9 Å². The van der Waals surface area contributed by atoms with Crippen LogP contribution in [0.25, 0.3) is 0 Å². The third kappa shape index (κ3) is 1.68. The molecule has 2 unspecified atom stereocenters. The molecule has 1 aromatic carbocycles. The van der Waals surface area contributed by atoms with E-state index in [1.165, 1.54) is 18.2 Å². The van der Waals surface area contributed by atoms with E-state index in [2.05, 4.69) is 0 Å². The first-order valence-electron chi connectivity index (χ1n) is 5.20. The number of hydrogen-bond acceptors (Lipinski definition) is 2. The lowest BCUT2D eigenvalue weighted by atomic mass is 10.1. The molecule has 0 N–H and O–H groups in total. The number of esters is 1. The molecule has 86 valence electrons. The first-order valence-corrected chi connectivity index (χ1v) is 5.20. The molecule has 4 heteroatoms. The third-order valence-corrected chi connectivity index (χ3v) is 2.79. The minimum atomic E-state index is -1.88. The summed E-state index contributed by atoms with van der Waals surface area (Å²) in [5.41, 5.74) is -1.93. The fraction of sp³-hybridized carbons (Fsp3) is 0.417. The first kappa shape index (κ1) is 11.0. The predicted octanol–water partition coefficient (Wildman–Crippen LogP) is 2.57. The number of hydrogen-bond donors (Lipinski definition) is 0. The zero-order valence-corrected chi connectivity index (χ0v) is 8.87. The van der Waals surface area contributed by atoms with Gasteiger partial charge in [0.25, 0.3) is 0 Å². The van der Waals surface area contributed by atoms with Crippen molar-refractivity contribution < 1.29 is 18.3 Å². The molecule has 0 bridgehead atoms. The summed E-state index contributed by atoms with van der Waals surface area (Å²) in [6.07, 6.45) is 0.00671. The van der Waals surface area contributed by atoms with E-state index in [1.54, 1.807) is 13.0 Å². The van der Waals surface area contributed by atoms with Crippen molar-refractivity contribution in [3.63, 3.8) is 0 Å². The van der Waals surface area contributed by atoms with Crippen molar-refractivity contribution in [2.24, 2.45) is 5.92 Å². The molecule has 1 aliphatic rings. The Kier molecular flexibility index (Phi) is 2.66. The Labute approximate surface area is 92.2 Å². The Morgan fingerprint density at radius 3 is 2.88 bits per heavy atom. The van der Waals surface area contributed by atoms with Gasteiger partial charge in [0, 0.05) is 12.0 Å². The van der Waals surface area contributed by atoms with E-state index in [-0.39, 0.29) is 18.6 Å². The van der Waals surface area contributed by atoms with Gasteiger partial charge in [-0.15, -0.1) is 0 Å². The second kappa shape index (κ2) is 3.85. The summed E-state index contributed by atoms with van der Waals surface area (Å²) >= 11 is 0. The first-order chi connectivity index (χ1) is 7.59. The van der Waals surface area contributed by atoms with Gasteiger partial charge in [-0.25, -0.2) is 8.78 Å². The zero-order chi connectivity index (χ0) is 11.8. The van der Waals surface area contributed by atoms with Crippen molar-refractivity contribution in [1.82, 2.24) is 0 Å². The molecule has 1 saturated carbocycles. The van der Waals surface area contributed by atoms with Gasteiger partial charge < -0.3 is 4.74 Å². The smallest absolute Gasteiger partial charge is 0.312 e. The van der Waals surface area contributed by atoms with Gasteiger partial charge in [-0.1, -0.05) is 18.2 Å². The van der Waals surface area contributed by atoms with E-state index in [0.29, 0.717) is 0 Å². The molecule has 0 heterocycles. The number of halogens is 2. The van der Waals surface area contributed by atoms with E-state index in [4.69, 9.17) is 4.74 Å². The quantitative estimate of drug-likeness (QED) is 0.740. The average Bonchev–Trinajstić information content (AvgIpc) is 2.93. The Balaban J connectivity index is 2.19. The summed E-state index contributed by atoms with van der Waals surface area (Å²) in [5.74, 6) is -2.06. The van der Waals surface area contributed by atoms with Crippen LogP contribution in [0.3, 0.4) is 0 Å². The molecule has 2 rings (SSSR count). The summed E-state index contributed by atoms with van der Waals surface area (Å²) in [6, 6.07) is 5.61. The lowest BCUT2D eigenvalue weighted by molar-refractivity contribution is -0.145. The molecule has 0 aromatic heterocycles. The number of benzene rings is 1. The van der Waals surface area contributed by atoms with Crippen LogP contribution in [0.15, 0.2) is 24.3 Å². The summed E-state index contributed by atoms with van der Waals surface area (Å²) in [6.45, 7) is 1.87. The summed E-state index contributed by atoms with van der Waals surface area (Å²) < 4.78 is 32.3. The lowest BCUT2D eigenvalue weighted by Crippen LogP contribution is -2.14. The monoisotopic (exact) mass is 226 g/mol. The molecule has 1 aliphatic carbocycles. The summed E-state index contributed by atoms with van der Waals surface area (Å²) in [4.78, 5) is 11.3. The largest absolute Gasteiger partial charge is 0.466 e. The number of rotatable bonds is 3. The molecule has 1 fully saturated rings. The Morgan fingerprint density at radius 2 is 2.25 bits per heavy atom. The minimum absolute atomic E-state index is 0.00671. The molecule has 2 nitrogen and oxygen atoms in total. The Morgan fingerprint density at radius 1 is 1.56 bits per heavy atom. The van der Waals surface area contributed by atoms with E-state index in [9.17, 15) is 13.6 Å². The molecule has 0 saturated heterocycles. The van der Waals surface area contributed by atoms with Gasteiger partial charge in [0.1, 0.15) is 5.82 Å². The maximum Gasteiger partial charge on any atom is 0.312 e. The zero-order valence-electron chi connectivity index (χ0n) is 8.87. The van der Waals surface area contributed by atoms with Crippen LogP contribution in [0.2, 0.25) is 0 Å². The molecule has 0 aliphatic heterocycles. The van der Waals surface area contributed by atoms with Gasteiger partial charge in [0.05, 0.1) is 12.5 Å². The molecular formula is C12H12F2O2. The second-order valence-corrected chi connectivity index (χ2v) is 3.85. The number of carbonyl (C=O) groups excluding carboxylic acids is 1. The molecule has 1 aromatic rings. The highest BCUT2D eigenvalue weighted by atomic mass is 19.2. The number of carbonyl (C=O) groups is 1. The van der Waals surface area contributed by atoms with Crippen LogP contribution in [0, 0.1) is 11.7 Å². The Bertz CT molecular complexity index is 419. The highest BCUT2D eigenvalue weighted by Crippen LogP contribution is 2.56. The maximum absolute atomic E-state index is 14.2. The fourth-order valence-electron chi connectivity index (χ4n) is 1.85. The van der Waals surface area contributed by atoms with Gasteiger partial charge in [-0.05, 0) is 13.0 Å². The van der Waals surface area contributed by atoms with E-state index in [1.807, 2.05) is 0 Å². The van der Waals surface area contributed by atoms with E-state index >= 15 is 0 Å². The molecular weight excluding hydrogens is 214 g/mol. The van der Waals surface area contributed by atoms with Crippen LogP contribution in [0.5, 0.6) is 0 Å². The molecule has 0 spiro atoms. The SMILES string of the molecule is CCOC(=O)C1CC1(F)c1ccccc1F. The minimum Gasteiger partial charge on any atom is -0.466 e. The summed E-state index contributed by atoms with van der Waals surface area (Å²) in [7, 11) is 0. The Hall–Kier alpha value is -1.45. The normalized spacial score (nSPS) is 27.6. The van der Waals surface area contributed by atoms with Gasteiger partial charge in [-0.2, -0.15) is 0 Å². The highest BCUT2D eigenvalue weighted by molar-refractivity contribution is 5.78. The van der Waals surface area contributed by atoms with Crippen LogP contribution in [0.4, 0.5) is 8.78 Å². The van der Waals surface area contributed by atoms with Gasteiger partial charge in [-0.3, -0.25) is 4.79 Å². The van der Waals surface area contributed by atoms with E-state index < -0.39 is 23.4 Å². The standard InChI is InChI=1S/C12H12F2O2/c1-2-16-11(15)9-7-12(9,14)8-5-3-4-6-10(8)13/h3-6,9H,2,7H2,1H3. The molecule has 2 atom stereocenters.